The van der Waals surface area contributed by atoms with E-state index in [1.54, 1.807) is 6.92 Å². The second-order valence-corrected chi connectivity index (χ2v) is 5.49. The van der Waals surface area contributed by atoms with Gasteiger partial charge in [0.1, 0.15) is 5.75 Å². The van der Waals surface area contributed by atoms with Gasteiger partial charge in [-0.1, -0.05) is 28.1 Å². The highest BCUT2D eigenvalue weighted by Gasteiger charge is 2.14. The van der Waals surface area contributed by atoms with Gasteiger partial charge in [-0.25, -0.2) is 0 Å². The summed E-state index contributed by atoms with van der Waals surface area (Å²) in [5, 5.41) is 2.82. The third kappa shape index (κ3) is 4.10. The zero-order valence-corrected chi connectivity index (χ0v) is 13.0. The van der Waals surface area contributed by atoms with Gasteiger partial charge < -0.3 is 10.1 Å². The molecule has 3 nitrogen and oxygen atoms in total. The van der Waals surface area contributed by atoms with Gasteiger partial charge in [-0.15, -0.1) is 0 Å². The summed E-state index contributed by atoms with van der Waals surface area (Å²) in [6.07, 6.45) is -0.555. The number of anilines is 1. The molecule has 0 spiro atoms. The fourth-order valence-electron chi connectivity index (χ4n) is 1.72. The van der Waals surface area contributed by atoms with Gasteiger partial charge in [0, 0.05) is 10.2 Å². The average molecular weight is 334 g/mol. The molecule has 0 aliphatic rings. The van der Waals surface area contributed by atoms with Crippen LogP contribution in [0.2, 0.25) is 0 Å². The molecule has 2 rings (SSSR count). The van der Waals surface area contributed by atoms with Crippen molar-refractivity contribution in [2.75, 3.05) is 5.32 Å². The Balaban J connectivity index is 1.96. The van der Waals surface area contributed by atoms with Crippen LogP contribution in [0.15, 0.2) is 53.0 Å². The molecular formula is C16H16BrNO2. The van der Waals surface area contributed by atoms with Crippen LogP contribution in [0, 0.1) is 6.92 Å². The van der Waals surface area contributed by atoms with E-state index in [9.17, 15) is 4.79 Å². The first-order chi connectivity index (χ1) is 9.54. The van der Waals surface area contributed by atoms with Gasteiger partial charge in [0.25, 0.3) is 5.91 Å². The van der Waals surface area contributed by atoms with Crippen molar-refractivity contribution in [2.45, 2.75) is 20.0 Å². The predicted molar refractivity (Wildman–Crippen MR) is 84.0 cm³/mol. The monoisotopic (exact) mass is 333 g/mol. The minimum absolute atomic E-state index is 0.172. The molecule has 0 unspecified atom stereocenters. The fourth-order valence-corrected chi connectivity index (χ4v) is 1.99. The van der Waals surface area contributed by atoms with Crippen molar-refractivity contribution >= 4 is 27.5 Å². The topological polar surface area (TPSA) is 38.3 Å². The Hall–Kier alpha value is -1.81. The van der Waals surface area contributed by atoms with E-state index >= 15 is 0 Å². The zero-order chi connectivity index (χ0) is 14.5. The molecule has 0 bridgehead atoms. The Kier molecular flexibility index (Phi) is 4.79. The van der Waals surface area contributed by atoms with E-state index in [0.717, 1.165) is 15.7 Å². The van der Waals surface area contributed by atoms with E-state index in [2.05, 4.69) is 21.2 Å². The first-order valence-electron chi connectivity index (χ1n) is 6.34. The molecule has 1 amide bonds. The van der Waals surface area contributed by atoms with E-state index in [0.29, 0.717) is 5.75 Å². The summed E-state index contributed by atoms with van der Waals surface area (Å²) in [6, 6.07) is 15.1. The molecule has 0 saturated carbocycles. The average Bonchev–Trinajstić information content (AvgIpc) is 2.41. The molecule has 0 heterocycles. The smallest absolute Gasteiger partial charge is 0.265 e. The molecule has 0 aromatic heterocycles. The number of hydrogen-bond donors (Lipinski definition) is 1. The summed E-state index contributed by atoms with van der Waals surface area (Å²) >= 11 is 3.35. The van der Waals surface area contributed by atoms with Gasteiger partial charge in [-0.05, 0) is 55.8 Å². The van der Waals surface area contributed by atoms with E-state index in [4.69, 9.17) is 4.74 Å². The molecule has 20 heavy (non-hydrogen) atoms. The number of amides is 1. The van der Waals surface area contributed by atoms with Gasteiger partial charge in [-0.3, -0.25) is 4.79 Å². The summed E-state index contributed by atoms with van der Waals surface area (Å²) in [5.41, 5.74) is 1.85. The minimum Gasteiger partial charge on any atom is -0.481 e. The van der Waals surface area contributed by atoms with Gasteiger partial charge in [-0.2, -0.15) is 0 Å². The van der Waals surface area contributed by atoms with Gasteiger partial charge in [0.05, 0.1) is 0 Å². The number of nitrogens with one attached hydrogen (secondary N) is 1. The highest BCUT2D eigenvalue weighted by Crippen LogP contribution is 2.16. The van der Waals surface area contributed by atoms with Crippen LogP contribution in [0.5, 0.6) is 5.75 Å². The lowest BCUT2D eigenvalue weighted by atomic mass is 10.2. The second-order valence-electron chi connectivity index (χ2n) is 4.57. The number of halogens is 1. The lowest BCUT2D eigenvalue weighted by molar-refractivity contribution is -0.122. The fraction of sp³-hybridized carbons (Fsp3) is 0.188. The molecule has 104 valence electrons. The van der Waals surface area contributed by atoms with E-state index < -0.39 is 6.10 Å². The number of carbonyl (C=O) groups excluding carboxylic acids is 1. The Labute approximate surface area is 127 Å². The molecule has 1 atom stereocenters. The Morgan fingerprint density at radius 3 is 2.55 bits per heavy atom. The third-order valence-corrected chi connectivity index (χ3v) is 3.31. The molecule has 0 saturated heterocycles. The Morgan fingerprint density at radius 1 is 1.20 bits per heavy atom. The maximum Gasteiger partial charge on any atom is 0.265 e. The zero-order valence-electron chi connectivity index (χ0n) is 11.4. The molecule has 0 aliphatic carbocycles. The maximum atomic E-state index is 12.0. The minimum atomic E-state index is -0.555. The van der Waals surface area contributed by atoms with Crippen LogP contribution >= 0.6 is 15.9 Å². The van der Waals surface area contributed by atoms with Gasteiger partial charge in [0.15, 0.2) is 6.10 Å². The normalized spacial score (nSPS) is 11.8. The molecule has 4 heteroatoms. The molecular weight excluding hydrogens is 318 g/mol. The van der Waals surface area contributed by atoms with Crippen LogP contribution in [-0.2, 0) is 4.79 Å². The third-order valence-electron chi connectivity index (χ3n) is 2.78. The number of benzene rings is 2. The standard InChI is InChI=1S/C16H16BrNO2/c1-11-4-3-5-15(10-11)20-12(2)16(19)18-14-8-6-13(17)7-9-14/h3-10,12H,1-2H3,(H,18,19)/t12-/m1/s1. The van der Waals surface area contributed by atoms with Crippen molar-refractivity contribution < 1.29 is 9.53 Å². The number of aryl methyl sites for hydroxylation is 1. The summed E-state index contributed by atoms with van der Waals surface area (Å²) < 4.78 is 6.60. The molecule has 0 radical (unpaired) electrons. The summed E-state index contributed by atoms with van der Waals surface area (Å²) in [4.78, 5) is 12.0. The lowest BCUT2D eigenvalue weighted by Crippen LogP contribution is -2.30. The highest BCUT2D eigenvalue weighted by atomic mass is 79.9. The highest BCUT2D eigenvalue weighted by molar-refractivity contribution is 9.10. The number of hydrogen-bond acceptors (Lipinski definition) is 2. The Bertz CT molecular complexity index is 596. The largest absolute Gasteiger partial charge is 0.481 e. The van der Waals surface area contributed by atoms with Gasteiger partial charge in [0.2, 0.25) is 0 Å². The number of carbonyl (C=O) groups is 1. The summed E-state index contributed by atoms with van der Waals surface area (Å²) in [7, 11) is 0. The predicted octanol–water partition coefficient (Wildman–Crippen LogP) is 4.16. The SMILES string of the molecule is Cc1cccc(O[C@H](C)C(=O)Nc2ccc(Br)cc2)c1. The molecule has 0 aliphatic heterocycles. The number of rotatable bonds is 4. The quantitative estimate of drug-likeness (QED) is 0.912. The summed E-state index contributed by atoms with van der Waals surface area (Å²) in [5.74, 6) is 0.525. The van der Waals surface area contributed by atoms with Crippen LogP contribution in [-0.4, -0.2) is 12.0 Å². The van der Waals surface area contributed by atoms with Crippen LogP contribution in [0.3, 0.4) is 0 Å². The van der Waals surface area contributed by atoms with Crippen molar-refractivity contribution in [1.82, 2.24) is 0 Å². The molecule has 1 N–H and O–H groups in total. The van der Waals surface area contributed by atoms with Crippen LogP contribution < -0.4 is 10.1 Å². The summed E-state index contributed by atoms with van der Waals surface area (Å²) in [6.45, 7) is 3.72. The van der Waals surface area contributed by atoms with Crippen molar-refractivity contribution in [1.29, 1.82) is 0 Å². The van der Waals surface area contributed by atoms with E-state index in [1.807, 2.05) is 55.5 Å². The van der Waals surface area contributed by atoms with Crippen molar-refractivity contribution in [2.24, 2.45) is 0 Å². The molecule has 2 aromatic rings. The van der Waals surface area contributed by atoms with Gasteiger partial charge >= 0.3 is 0 Å². The lowest BCUT2D eigenvalue weighted by Gasteiger charge is -2.15. The van der Waals surface area contributed by atoms with Crippen LogP contribution in [0.4, 0.5) is 5.69 Å². The van der Waals surface area contributed by atoms with Crippen molar-refractivity contribution in [3.63, 3.8) is 0 Å². The molecule has 0 fully saturated rings. The second kappa shape index (κ2) is 6.57. The maximum absolute atomic E-state index is 12.0. The van der Waals surface area contributed by atoms with E-state index in [1.165, 1.54) is 0 Å². The van der Waals surface area contributed by atoms with E-state index in [-0.39, 0.29) is 5.91 Å². The van der Waals surface area contributed by atoms with Crippen LogP contribution in [0.25, 0.3) is 0 Å². The number of ether oxygens (including phenoxy) is 1. The first kappa shape index (κ1) is 14.6. The van der Waals surface area contributed by atoms with Crippen molar-refractivity contribution in [3.05, 3.63) is 58.6 Å². The first-order valence-corrected chi connectivity index (χ1v) is 7.13. The van der Waals surface area contributed by atoms with Crippen LogP contribution in [0.1, 0.15) is 12.5 Å². The Morgan fingerprint density at radius 2 is 1.90 bits per heavy atom. The molecule has 2 aromatic carbocycles. The van der Waals surface area contributed by atoms with Crippen molar-refractivity contribution in [3.8, 4) is 5.75 Å².